The number of amides is 1. The highest BCUT2D eigenvalue weighted by molar-refractivity contribution is 7.93. The Bertz CT molecular complexity index is 1520. The SMILES string of the molecule is C[C@H](C(=O)N1CCN(c2ccc(S(=O)(=O)Nc3nccs3)cc2)C[C@H]1CO)n1ccc2ccc(Cl)cc21.[HH].[HH]. The van der Waals surface area contributed by atoms with Gasteiger partial charge in [0.25, 0.3) is 10.0 Å². The lowest BCUT2D eigenvalue weighted by Gasteiger charge is -2.42. The molecule has 37 heavy (non-hydrogen) atoms. The quantitative estimate of drug-likeness (QED) is 0.347. The lowest BCUT2D eigenvalue weighted by molar-refractivity contribution is -0.138. The fraction of sp³-hybridized carbons (Fsp3) is 0.280. The molecule has 0 radical (unpaired) electrons. The molecule has 2 N–H and O–H groups in total. The molecule has 198 valence electrons. The van der Waals surface area contributed by atoms with E-state index in [1.807, 2.05) is 46.9 Å². The zero-order valence-corrected chi connectivity index (χ0v) is 22.4. The summed E-state index contributed by atoms with van der Waals surface area (Å²) in [5, 5.41) is 13.7. The first-order chi connectivity index (χ1) is 17.8. The number of fused-ring (bicyclic) bond motifs is 1. The minimum absolute atomic E-state index is 0. The van der Waals surface area contributed by atoms with Crippen molar-refractivity contribution in [3.05, 3.63) is 71.3 Å². The average molecular weight is 564 g/mol. The van der Waals surface area contributed by atoms with Crippen LogP contribution in [0.2, 0.25) is 5.02 Å². The Morgan fingerprint density at radius 1 is 1.24 bits per heavy atom. The zero-order chi connectivity index (χ0) is 26.2. The summed E-state index contributed by atoms with van der Waals surface area (Å²) in [4.78, 5) is 21.4. The maximum atomic E-state index is 13.5. The molecule has 1 fully saturated rings. The number of benzene rings is 2. The molecule has 5 rings (SSSR count). The van der Waals surface area contributed by atoms with E-state index in [1.165, 1.54) is 17.5 Å². The molecule has 0 bridgehead atoms. The summed E-state index contributed by atoms with van der Waals surface area (Å²) >= 11 is 7.38. The molecule has 3 heterocycles. The summed E-state index contributed by atoms with van der Waals surface area (Å²) < 4.78 is 29.6. The van der Waals surface area contributed by atoms with Crippen LogP contribution in [-0.4, -0.2) is 66.2 Å². The molecule has 1 amide bonds. The molecule has 2 atom stereocenters. The number of aromatic nitrogens is 2. The van der Waals surface area contributed by atoms with Crippen LogP contribution in [0, 0.1) is 0 Å². The van der Waals surface area contributed by atoms with Crippen molar-refractivity contribution in [2.45, 2.75) is 23.9 Å². The molecule has 0 saturated carbocycles. The molecule has 12 heteroatoms. The summed E-state index contributed by atoms with van der Waals surface area (Å²) in [7, 11) is -3.74. The van der Waals surface area contributed by atoms with Crippen LogP contribution in [0.25, 0.3) is 10.9 Å². The molecule has 0 spiro atoms. The standard InChI is InChI=1S/C25H26ClN5O4S2.2H2/c1-17(30-10-8-18-2-3-19(26)14-23(18)30)24(33)31-12-11-29(15-21(31)16-32)20-4-6-22(7-5-20)37(34,35)28-25-27-9-13-36-25;;/h2-10,13-14,17,21,32H,11-12,15-16H2,1H3,(H,27,28);2*1H/t17-,21+;;/m1../s1. The van der Waals surface area contributed by atoms with Gasteiger partial charge in [0.2, 0.25) is 5.91 Å². The topological polar surface area (TPSA) is 108 Å². The monoisotopic (exact) mass is 563 g/mol. The zero-order valence-electron chi connectivity index (χ0n) is 20.0. The first kappa shape index (κ1) is 25.5. The predicted octanol–water partition coefficient (Wildman–Crippen LogP) is 4.31. The molecule has 9 nitrogen and oxygen atoms in total. The molecular formula is C25H30ClN5O4S2. The number of hydrogen-bond acceptors (Lipinski definition) is 7. The van der Waals surface area contributed by atoms with Crippen LogP contribution < -0.4 is 9.62 Å². The van der Waals surface area contributed by atoms with Crippen molar-refractivity contribution >= 4 is 60.6 Å². The third-order valence-electron chi connectivity index (χ3n) is 6.60. The van der Waals surface area contributed by atoms with Gasteiger partial charge in [0.1, 0.15) is 6.04 Å². The number of rotatable bonds is 7. The van der Waals surface area contributed by atoms with E-state index in [0.29, 0.717) is 29.8 Å². The lowest BCUT2D eigenvalue weighted by atomic mass is 10.1. The molecule has 2 aromatic carbocycles. The van der Waals surface area contributed by atoms with Gasteiger partial charge in [-0.3, -0.25) is 9.52 Å². The van der Waals surface area contributed by atoms with Crippen LogP contribution in [0.5, 0.6) is 0 Å². The summed E-state index contributed by atoms with van der Waals surface area (Å²) in [6, 6.07) is 13.2. The summed E-state index contributed by atoms with van der Waals surface area (Å²) in [5.74, 6) is -0.0779. The highest BCUT2D eigenvalue weighted by atomic mass is 35.5. The number of nitrogens with one attached hydrogen (secondary N) is 1. The second-order valence-electron chi connectivity index (χ2n) is 8.85. The van der Waals surface area contributed by atoms with Gasteiger partial charge >= 0.3 is 0 Å². The molecule has 0 aliphatic carbocycles. The number of aliphatic hydroxyl groups excluding tert-OH is 1. The smallest absolute Gasteiger partial charge is 0.263 e. The first-order valence-electron chi connectivity index (χ1n) is 11.7. The van der Waals surface area contributed by atoms with Gasteiger partial charge in [0, 0.05) is 51.0 Å². The van der Waals surface area contributed by atoms with Crippen LogP contribution in [0.3, 0.4) is 0 Å². The Kier molecular flexibility index (Phi) is 7.13. The van der Waals surface area contributed by atoms with Gasteiger partial charge in [-0.2, -0.15) is 0 Å². The molecular weight excluding hydrogens is 534 g/mol. The van der Waals surface area contributed by atoms with Gasteiger partial charge in [-0.05, 0) is 54.8 Å². The number of thiazole rings is 1. The number of hydrogen-bond donors (Lipinski definition) is 2. The fourth-order valence-corrected chi connectivity index (χ4v) is 6.59. The number of anilines is 2. The van der Waals surface area contributed by atoms with E-state index in [2.05, 4.69) is 9.71 Å². The number of aliphatic hydroxyl groups is 1. The largest absolute Gasteiger partial charge is 0.394 e. The first-order valence-corrected chi connectivity index (χ1v) is 14.5. The molecule has 1 aliphatic heterocycles. The number of nitrogens with zero attached hydrogens (tertiary/aromatic N) is 4. The van der Waals surface area contributed by atoms with Gasteiger partial charge < -0.3 is 19.5 Å². The minimum Gasteiger partial charge on any atom is -0.394 e. The normalized spacial score (nSPS) is 17.2. The van der Waals surface area contributed by atoms with Crippen LogP contribution in [0.1, 0.15) is 15.8 Å². The van der Waals surface area contributed by atoms with E-state index in [9.17, 15) is 18.3 Å². The van der Waals surface area contributed by atoms with E-state index in [-0.39, 0.29) is 20.3 Å². The van der Waals surface area contributed by atoms with Crippen molar-refractivity contribution in [2.24, 2.45) is 0 Å². The van der Waals surface area contributed by atoms with E-state index in [1.54, 1.807) is 34.5 Å². The number of piperazine rings is 1. The molecule has 0 unspecified atom stereocenters. The third kappa shape index (κ3) is 5.17. The highest BCUT2D eigenvalue weighted by Gasteiger charge is 2.33. The second-order valence-corrected chi connectivity index (χ2v) is 11.9. The number of carbonyl (C=O) groups excluding carboxylic acids is 1. The average Bonchev–Trinajstić information content (AvgIpc) is 3.57. The van der Waals surface area contributed by atoms with Crippen molar-refractivity contribution < 1.29 is 21.2 Å². The molecule has 4 aromatic rings. The van der Waals surface area contributed by atoms with E-state index < -0.39 is 22.1 Å². The van der Waals surface area contributed by atoms with Crippen LogP contribution in [-0.2, 0) is 14.8 Å². The second kappa shape index (κ2) is 10.3. The number of carbonyl (C=O) groups is 1. The summed E-state index contributed by atoms with van der Waals surface area (Å²) in [6.45, 7) is 3.08. The van der Waals surface area contributed by atoms with Gasteiger partial charge in [-0.25, -0.2) is 13.4 Å². The van der Waals surface area contributed by atoms with Crippen molar-refractivity contribution in [2.75, 3.05) is 35.9 Å². The minimum atomic E-state index is -3.74. The maximum absolute atomic E-state index is 13.5. The molecule has 1 saturated heterocycles. The maximum Gasteiger partial charge on any atom is 0.263 e. The van der Waals surface area contributed by atoms with Crippen LogP contribution in [0.15, 0.2) is 71.2 Å². The van der Waals surface area contributed by atoms with E-state index in [0.717, 1.165) is 16.6 Å². The Morgan fingerprint density at radius 3 is 2.73 bits per heavy atom. The number of sulfonamides is 1. The van der Waals surface area contributed by atoms with Gasteiger partial charge in [0.15, 0.2) is 5.13 Å². The Balaban J connectivity index is 0.00000210. The van der Waals surface area contributed by atoms with Crippen LogP contribution in [0.4, 0.5) is 10.8 Å². The Hall–Kier alpha value is -3.12. The van der Waals surface area contributed by atoms with Crippen molar-refractivity contribution in [3.8, 4) is 0 Å². The Labute approximate surface area is 226 Å². The highest BCUT2D eigenvalue weighted by Crippen LogP contribution is 2.27. The summed E-state index contributed by atoms with van der Waals surface area (Å²) in [6.07, 6.45) is 3.41. The van der Waals surface area contributed by atoms with Gasteiger partial charge in [-0.1, -0.05) is 17.7 Å². The van der Waals surface area contributed by atoms with E-state index in [4.69, 9.17) is 11.6 Å². The summed E-state index contributed by atoms with van der Waals surface area (Å²) in [5.41, 5.74) is 1.70. The van der Waals surface area contributed by atoms with Crippen LogP contribution >= 0.6 is 22.9 Å². The van der Waals surface area contributed by atoms with Crippen molar-refractivity contribution in [3.63, 3.8) is 0 Å². The van der Waals surface area contributed by atoms with Crippen molar-refractivity contribution in [1.29, 1.82) is 0 Å². The number of halogens is 1. The third-order valence-corrected chi connectivity index (χ3v) is 9.01. The van der Waals surface area contributed by atoms with Gasteiger partial charge in [0.05, 0.1) is 23.1 Å². The molecule has 2 aromatic heterocycles. The van der Waals surface area contributed by atoms with E-state index >= 15 is 0 Å². The fourth-order valence-electron chi connectivity index (χ4n) is 4.64. The Morgan fingerprint density at radius 2 is 2.03 bits per heavy atom. The predicted molar refractivity (Wildman–Crippen MR) is 150 cm³/mol. The van der Waals surface area contributed by atoms with Crippen molar-refractivity contribution in [1.82, 2.24) is 14.5 Å². The lowest BCUT2D eigenvalue weighted by Crippen LogP contribution is -2.57. The molecule has 1 aliphatic rings. The van der Waals surface area contributed by atoms with Gasteiger partial charge in [-0.15, -0.1) is 11.3 Å².